The van der Waals surface area contributed by atoms with Crippen molar-refractivity contribution < 1.29 is 14.3 Å². The highest BCUT2D eigenvalue weighted by Gasteiger charge is 2.42. The van der Waals surface area contributed by atoms with Crippen LogP contribution in [0.15, 0.2) is 72.8 Å². The molecule has 0 unspecified atom stereocenters. The second kappa shape index (κ2) is 9.32. The van der Waals surface area contributed by atoms with Crippen LogP contribution < -0.4 is 15.0 Å². The number of ether oxygens (including phenoxy) is 1. The fourth-order valence-corrected chi connectivity index (χ4v) is 5.80. The summed E-state index contributed by atoms with van der Waals surface area (Å²) in [4.78, 5) is 30.5. The number of nitrogens with one attached hydrogen (secondary N) is 1. The molecule has 0 aliphatic carbocycles. The maximum absolute atomic E-state index is 13.5. The highest BCUT2D eigenvalue weighted by Crippen LogP contribution is 2.44. The van der Waals surface area contributed by atoms with Gasteiger partial charge >= 0.3 is 0 Å². The SMILES string of the molecule is COc1ccc(CNC(=O)CCn2c3c(c4ccccc42)CCN2C(=O)c4ccccc4N(C)[C@@H]32)cc1. The number of benzene rings is 3. The third-order valence-electron chi connectivity index (χ3n) is 7.62. The molecule has 2 aliphatic heterocycles. The third kappa shape index (κ3) is 3.91. The number of rotatable bonds is 6. The highest BCUT2D eigenvalue weighted by molar-refractivity contribution is 6.02. The van der Waals surface area contributed by atoms with Crippen molar-refractivity contribution in [3.63, 3.8) is 0 Å². The van der Waals surface area contributed by atoms with E-state index in [0.29, 0.717) is 26.1 Å². The number of carbonyl (C=O) groups is 2. The molecule has 1 aromatic heterocycles. The number of amides is 2. The molecule has 0 saturated carbocycles. The topological polar surface area (TPSA) is 66.8 Å². The number of fused-ring (bicyclic) bond motifs is 6. The summed E-state index contributed by atoms with van der Waals surface area (Å²) in [5.74, 6) is 0.856. The molecule has 188 valence electrons. The van der Waals surface area contributed by atoms with Crippen molar-refractivity contribution in [3.8, 4) is 5.75 Å². The van der Waals surface area contributed by atoms with Crippen molar-refractivity contribution in [2.24, 2.45) is 0 Å². The van der Waals surface area contributed by atoms with Crippen LogP contribution in [0.1, 0.15) is 39.8 Å². The van der Waals surface area contributed by atoms with Gasteiger partial charge in [-0.05, 0) is 47.9 Å². The van der Waals surface area contributed by atoms with E-state index < -0.39 is 0 Å². The maximum Gasteiger partial charge on any atom is 0.257 e. The first-order chi connectivity index (χ1) is 18.1. The Morgan fingerprint density at radius 2 is 1.78 bits per heavy atom. The number of nitrogens with zero attached hydrogens (tertiary/aromatic N) is 3. The van der Waals surface area contributed by atoms with E-state index in [2.05, 4.69) is 40.0 Å². The molecule has 1 N–H and O–H groups in total. The second-order valence-corrected chi connectivity index (χ2v) is 9.66. The van der Waals surface area contributed by atoms with Crippen molar-refractivity contribution in [1.82, 2.24) is 14.8 Å². The first-order valence-electron chi connectivity index (χ1n) is 12.7. The number of carbonyl (C=O) groups excluding carboxylic acids is 2. The maximum atomic E-state index is 13.5. The van der Waals surface area contributed by atoms with Gasteiger partial charge < -0.3 is 24.4 Å². The van der Waals surface area contributed by atoms with Gasteiger partial charge in [-0.25, -0.2) is 0 Å². The Morgan fingerprint density at radius 1 is 1.03 bits per heavy atom. The van der Waals surface area contributed by atoms with Crippen molar-refractivity contribution >= 4 is 28.4 Å². The van der Waals surface area contributed by atoms with Gasteiger partial charge in [0.1, 0.15) is 11.9 Å². The zero-order chi connectivity index (χ0) is 25.5. The van der Waals surface area contributed by atoms with E-state index in [9.17, 15) is 9.59 Å². The van der Waals surface area contributed by atoms with Crippen LogP contribution in [0.5, 0.6) is 5.75 Å². The van der Waals surface area contributed by atoms with Gasteiger partial charge in [-0.2, -0.15) is 0 Å². The molecule has 7 heteroatoms. The molecule has 0 radical (unpaired) electrons. The van der Waals surface area contributed by atoms with Gasteiger partial charge in [0.25, 0.3) is 5.91 Å². The molecule has 4 aromatic rings. The molecule has 0 spiro atoms. The summed E-state index contributed by atoms with van der Waals surface area (Å²) >= 11 is 0. The molecule has 2 amide bonds. The largest absolute Gasteiger partial charge is 0.497 e. The number of hydrogen-bond donors (Lipinski definition) is 1. The van der Waals surface area contributed by atoms with Crippen LogP contribution in [0.4, 0.5) is 5.69 Å². The molecule has 0 saturated heterocycles. The summed E-state index contributed by atoms with van der Waals surface area (Å²) < 4.78 is 7.46. The van der Waals surface area contributed by atoms with Gasteiger partial charge in [-0.3, -0.25) is 9.59 Å². The minimum atomic E-state index is -0.207. The summed E-state index contributed by atoms with van der Waals surface area (Å²) in [6.07, 6.45) is 0.938. The van der Waals surface area contributed by atoms with Crippen molar-refractivity contribution in [2.75, 3.05) is 25.6 Å². The predicted octanol–water partition coefficient (Wildman–Crippen LogP) is 4.50. The molecule has 37 heavy (non-hydrogen) atoms. The summed E-state index contributed by atoms with van der Waals surface area (Å²) in [6.45, 7) is 1.68. The Labute approximate surface area is 216 Å². The van der Waals surface area contributed by atoms with Gasteiger partial charge in [-0.1, -0.05) is 42.5 Å². The number of para-hydroxylation sites is 2. The average molecular weight is 495 g/mol. The number of methoxy groups -OCH3 is 1. The lowest BCUT2D eigenvalue weighted by molar-refractivity contribution is -0.121. The van der Waals surface area contributed by atoms with Crippen LogP contribution in [-0.2, 0) is 24.3 Å². The molecular formula is C30H30N4O3. The van der Waals surface area contributed by atoms with E-state index in [0.717, 1.165) is 40.2 Å². The van der Waals surface area contributed by atoms with Gasteiger partial charge in [0.05, 0.1) is 24.1 Å². The Morgan fingerprint density at radius 3 is 2.59 bits per heavy atom. The minimum absolute atomic E-state index is 0.00608. The monoisotopic (exact) mass is 494 g/mol. The second-order valence-electron chi connectivity index (χ2n) is 9.66. The van der Waals surface area contributed by atoms with Crippen LogP contribution in [0.2, 0.25) is 0 Å². The Hall–Kier alpha value is -4.26. The van der Waals surface area contributed by atoms with Gasteiger partial charge in [0.2, 0.25) is 5.91 Å². The molecule has 7 nitrogen and oxygen atoms in total. The lowest BCUT2D eigenvalue weighted by Gasteiger charge is -2.46. The number of aryl methyl sites for hydroxylation is 1. The zero-order valence-electron chi connectivity index (χ0n) is 21.1. The number of anilines is 1. The summed E-state index contributed by atoms with van der Waals surface area (Å²) in [7, 11) is 3.70. The number of aromatic nitrogens is 1. The van der Waals surface area contributed by atoms with E-state index in [-0.39, 0.29) is 18.0 Å². The number of hydrogen-bond acceptors (Lipinski definition) is 4. The molecule has 3 aromatic carbocycles. The van der Waals surface area contributed by atoms with Crippen molar-refractivity contribution in [1.29, 1.82) is 0 Å². The lowest BCUT2D eigenvalue weighted by atomic mass is 9.96. The van der Waals surface area contributed by atoms with Crippen LogP contribution in [0, 0.1) is 0 Å². The van der Waals surface area contributed by atoms with Gasteiger partial charge in [-0.15, -0.1) is 0 Å². The molecule has 2 aliphatic rings. The Kier molecular flexibility index (Phi) is 5.83. The first-order valence-corrected chi connectivity index (χ1v) is 12.7. The Balaban J connectivity index is 1.29. The average Bonchev–Trinajstić information content (AvgIpc) is 3.27. The normalized spacial score (nSPS) is 16.3. The van der Waals surface area contributed by atoms with Crippen LogP contribution >= 0.6 is 0 Å². The summed E-state index contributed by atoms with van der Waals surface area (Å²) in [5, 5.41) is 4.25. The van der Waals surface area contributed by atoms with E-state index in [1.807, 2.05) is 59.5 Å². The predicted molar refractivity (Wildman–Crippen MR) is 144 cm³/mol. The smallest absolute Gasteiger partial charge is 0.257 e. The van der Waals surface area contributed by atoms with E-state index in [1.165, 1.54) is 10.9 Å². The van der Waals surface area contributed by atoms with E-state index in [1.54, 1.807) is 7.11 Å². The first kappa shape index (κ1) is 23.2. The summed E-state index contributed by atoms with van der Waals surface area (Å²) in [5.41, 5.74) is 6.20. The third-order valence-corrected chi connectivity index (χ3v) is 7.62. The van der Waals surface area contributed by atoms with Crippen molar-refractivity contribution in [3.05, 3.63) is 95.2 Å². The molecule has 0 bridgehead atoms. The highest BCUT2D eigenvalue weighted by atomic mass is 16.5. The quantitative estimate of drug-likeness (QED) is 0.429. The van der Waals surface area contributed by atoms with E-state index >= 15 is 0 Å². The molecule has 1 atom stereocenters. The fraction of sp³-hybridized carbons (Fsp3) is 0.267. The molecular weight excluding hydrogens is 464 g/mol. The molecule has 6 rings (SSSR count). The van der Waals surface area contributed by atoms with Crippen LogP contribution in [0.3, 0.4) is 0 Å². The minimum Gasteiger partial charge on any atom is -0.497 e. The molecule has 3 heterocycles. The lowest BCUT2D eigenvalue weighted by Crippen LogP contribution is -2.51. The van der Waals surface area contributed by atoms with E-state index in [4.69, 9.17) is 4.74 Å². The van der Waals surface area contributed by atoms with Crippen LogP contribution in [-0.4, -0.2) is 42.0 Å². The molecule has 0 fully saturated rings. The van der Waals surface area contributed by atoms with Gasteiger partial charge in [0.15, 0.2) is 0 Å². The van der Waals surface area contributed by atoms with Crippen molar-refractivity contribution in [2.45, 2.75) is 32.1 Å². The zero-order valence-corrected chi connectivity index (χ0v) is 21.1. The van der Waals surface area contributed by atoms with Gasteiger partial charge in [0, 0.05) is 44.0 Å². The Bertz CT molecular complexity index is 1490. The van der Waals surface area contributed by atoms with Crippen LogP contribution in [0.25, 0.3) is 10.9 Å². The summed E-state index contributed by atoms with van der Waals surface area (Å²) in [6, 6.07) is 23.9. The fourth-order valence-electron chi connectivity index (χ4n) is 5.80. The standard InChI is InChI=1S/C30H30N4O3/c1-32-25-9-5-4-8-24(25)30(36)34-17-15-23-22-7-3-6-10-26(22)33(28(23)29(32)34)18-16-27(35)31-19-20-11-13-21(37-2)14-12-20/h3-14,29H,15-19H2,1-2H3,(H,31,35)/t29-/m1/s1.